The maximum Gasteiger partial charge on any atom is 0.304 e. The molecule has 1 aromatic carbocycles. The van der Waals surface area contributed by atoms with Gasteiger partial charge in [0.05, 0.1) is 6.42 Å². The summed E-state index contributed by atoms with van der Waals surface area (Å²) < 4.78 is 0. The molecule has 1 rings (SSSR count). The Morgan fingerprint density at radius 2 is 2.20 bits per heavy atom. The summed E-state index contributed by atoms with van der Waals surface area (Å²) in [6.45, 7) is 3.44. The van der Waals surface area contributed by atoms with Gasteiger partial charge in [0.15, 0.2) is 0 Å². The van der Waals surface area contributed by atoms with Gasteiger partial charge in [-0.05, 0) is 25.5 Å². The zero-order chi connectivity index (χ0) is 11.1. The van der Waals surface area contributed by atoms with E-state index in [1.165, 1.54) is 11.1 Å². The molecule has 0 saturated carbocycles. The number of carboxylic acids is 1. The number of aliphatic carboxylic acids is 1. The van der Waals surface area contributed by atoms with Crippen LogP contribution in [0.5, 0.6) is 0 Å². The lowest BCUT2D eigenvalue weighted by Crippen LogP contribution is -2.20. The molecule has 0 amide bonds. The molecular weight excluding hydrogens is 190 g/mol. The molecule has 0 aliphatic heterocycles. The topological polar surface area (TPSA) is 49.3 Å². The van der Waals surface area contributed by atoms with E-state index >= 15 is 0 Å². The molecule has 3 nitrogen and oxygen atoms in total. The van der Waals surface area contributed by atoms with E-state index in [2.05, 4.69) is 30.4 Å². The molecule has 0 heterocycles. The van der Waals surface area contributed by atoms with Crippen LogP contribution in [0.15, 0.2) is 24.3 Å². The molecule has 2 N–H and O–H groups in total. The molecule has 0 unspecified atom stereocenters. The van der Waals surface area contributed by atoms with Gasteiger partial charge in [0.25, 0.3) is 0 Å². The van der Waals surface area contributed by atoms with E-state index in [-0.39, 0.29) is 6.42 Å². The number of nitrogens with one attached hydrogen (secondary N) is 1. The Bertz CT molecular complexity index is 323. The van der Waals surface area contributed by atoms with Crippen LogP contribution < -0.4 is 5.32 Å². The van der Waals surface area contributed by atoms with E-state index < -0.39 is 5.97 Å². The molecule has 0 aliphatic rings. The molecule has 0 fully saturated rings. The molecule has 82 valence electrons. The third-order valence-corrected chi connectivity index (χ3v) is 2.19. The largest absolute Gasteiger partial charge is 0.481 e. The Kier molecular flexibility index (Phi) is 4.84. The lowest BCUT2D eigenvalue weighted by atomic mass is 10.1. The normalized spacial score (nSPS) is 10.2. The van der Waals surface area contributed by atoms with E-state index in [9.17, 15) is 4.79 Å². The standard InChI is InChI=1S/C12H17NO2/c1-10-3-2-4-11(9-10)5-7-13-8-6-12(14)15/h2-4,9,13H,5-8H2,1H3,(H,14,15). The van der Waals surface area contributed by atoms with Crippen LogP contribution in [0.2, 0.25) is 0 Å². The van der Waals surface area contributed by atoms with Crippen molar-refractivity contribution in [3.8, 4) is 0 Å². The van der Waals surface area contributed by atoms with Gasteiger partial charge in [-0.1, -0.05) is 29.8 Å². The highest BCUT2D eigenvalue weighted by Crippen LogP contribution is 2.03. The highest BCUT2D eigenvalue weighted by atomic mass is 16.4. The van der Waals surface area contributed by atoms with Crippen LogP contribution in [-0.4, -0.2) is 24.2 Å². The smallest absolute Gasteiger partial charge is 0.304 e. The molecule has 1 aromatic rings. The second-order valence-corrected chi connectivity index (χ2v) is 3.63. The molecule has 0 saturated heterocycles. The first-order valence-electron chi connectivity index (χ1n) is 5.16. The monoisotopic (exact) mass is 207 g/mol. The summed E-state index contributed by atoms with van der Waals surface area (Å²) in [5, 5.41) is 11.5. The van der Waals surface area contributed by atoms with Gasteiger partial charge in [0, 0.05) is 6.54 Å². The third kappa shape index (κ3) is 5.18. The molecule has 0 spiro atoms. The summed E-state index contributed by atoms with van der Waals surface area (Å²) in [7, 11) is 0. The molecule has 0 aromatic heterocycles. The van der Waals surface area contributed by atoms with Crippen LogP contribution >= 0.6 is 0 Å². The van der Waals surface area contributed by atoms with Crippen molar-refractivity contribution in [3.05, 3.63) is 35.4 Å². The number of carboxylic acid groups (broad SMARTS) is 1. The van der Waals surface area contributed by atoms with Crippen molar-refractivity contribution < 1.29 is 9.90 Å². The number of hydrogen-bond donors (Lipinski definition) is 2. The van der Waals surface area contributed by atoms with Crippen LogP contribution in [0.4, 0.5) is 0 Å². The summed E-state index contributed by atoms with van der Waals surface area (Å²) in [6.07, 6.45) is 1.13. The van der Waals surface area contributed by atoms with E-state index in [1.54, 1.807) is 0 Å². The van der Waals surface area contributed by atoms with Gasteiger partial charge in [0.1, 0.15) is 0 Å². The van der Waals surface area contributed by atoms with Crippen molar-refractivity contribution in [2.45, 2.75) is 19.8 Å². The Hall–Kier alpha value is -1.35. The van der Waals surface area contributed by atoms with E-state index in [0.717, 1.165) is 13.0 Å². The highest BCUT2D eigenvalue weighted by Gasteiger charge is 1.96. The predicted octanol–water partition coefficient (Wildman–Crippen LogP) is 1.60. The summed E-state index contributed by atoms with van der Waals surface area (Å²) in [5.41, 5.74) is 2.55. The van der Waals surface area contributed by atoms with Crippen LogP contribution in [0, 0.1) is 6.92 Å². The van der Waals surface area contributed by atoms with Gasteiger partial charge in [-0.25, -0.2) is 0 Å². The molecular formula is C12H17NO2. The van der Waals surface area contributed by atoms with Crippen molar-refractivity contribution in [2.75, 3.05) is 13.1 Å². The van der Waals surface area contributed by atoms with Crippen LogP contribution in [-0.2, 0) is 11.2 Å². The van der Waals surface area contributed by atoms with Crippen molar-refractivity contribution in [3.63, 3.8) is 0 Å². The average molecular weight is 207 g/mol. The Morgan fingerprint density at radius 1 is 1.40 bits per heavy atom. The fourth-order valence-electron chi connectivity index (χ4n) is 1.42. The second kappa shape index (κ2) is 6.19. The Labute approximate surface area is 90.1 Å². The third-order valence-electron chi connectivity index (χ3n) is 2.19. The molecule has 0 bridgehead atoms. The fraction of sp³-hybridized carbons (Fsp3) is 0.417. The maximum absolute atomic E-state index is 10.2. The van der Waals surface area contributed by atoms with Gasteiger partial charge in [-0.15, -0.1) is 0 Å². The summed E-state index contributed by atoms with van der Waals surface area (Å²) >= 11 is 0. The van der Waals surface area contributed by atoms with Crippen molar-refractivity contribution in [1.82, 2.24) is 5.32 Å². The quantitative estimate of drug-likeness (QED) is 0.697. The van der Waals surface area contributed by atoms with Crippen molar-refractivity contribution >= 4 is 5.97 Å². The first-order chi connectivity index (χ1) is 7.18. The van der Waals surface area contributed by atoms with E-state index in [0.29, 0.717) is 6.54 Å². The maximum atomic E-state index is 10.2. The summed E-state index contributed by atoms with van der Waals surface area (Å²) in [6, 6.07) is 8.36. The minimum absolute atomic E-state index is 0.188. The van der Waals surface area contributed by atoms with Gasteiger partial charge in [-0.2, -0.15) is 0 Å². The molecule has 0 atom stereocenters. The van der Waals surface area contributed by atoms with Crippen LogP contribution in [0.3, 0.4) is 0 Å². The van der Waals surface area contributed by atoms with E-state index in [4.69, 9.17) is 5.11 Å². The van der Waals surface area contributed by atoms with Crippen LogP contribution in [0.1, 0.15) is 17.5 Å². The van der Waals surface area contributed by atoms with Gasteiger partial charge in [0.2, 0.25) is 0 Å². The second-order valence-electron chi connectivity index (χ2n) is 3.63. The lowest BCUT2D eigenvalue weighted by Gasteiger charge is -2.04. The average Bonchev–Trinajstić information content (AvgIpc) is 2.17. The number of hydrogen-bond acceptors (Lipinski definition) is 2. The van der Waals surface area contributed by atoms with Crippen LogP contribution in [0.25, 0.3) is 0 Å². The lowest BCUT2D eigenvalue weighted by molar-refractivity contribution is -0.136. The van der Waals surface area contributed by atoms with E-state index in [1.807, 2.05) is 6.07 Å². The Balaban J connectivity index is 2.17. The number of rotatable bonds is 6. The fourth-order valence-corrected chi connectivity index (χ4v) is 1.42. The predicted molar refractivity (Wildman–Crippen MR) is 60.0 cm³/mol. The number of aryl methyl sites for hydroxylation is 1. The van der Waals surface area contributed by atoms with Gasteiger partial charge in [-0.3, -0.25) is 4.79 Å². The highest BCUT2D eigenvalue weighted by molar-refractivity contribution is 5.66. The molecule has 3 heteroatoms. The first-order valence-corrected chi connectivity index (χ1v) is 5.16. The zero-order valence-corrected chi connectivity index (χ0v) is 8.99. The zero-order valence-electron chi connectivity index (χ0n) is 8.99. The van der Waals surface area contributed by atoms with Gasteiger partial charge < -0.3 is 10.4 Å². The Morgan fingerprint density at radius 3 is 2.87 bits per heavy atom. The minimum Gasteiger partial charge on any atom is -0.481 e. The first kappa shape index (κ1) is 11.7. The number of carbonyl (C=O) groups is 1. The molecule has 0 aliphatic carbocycles. The molecule has 15 heavy (non-hydrogen) atoms. The number of benzene rings is 1. The van der Waals surface area contributed by atoms with Crippen molar-refractivity contribution in [2.24, 2.45) is 0 Å². The molecule has 0 radical (unpaired) electrons. The van der Waals surface area contributed by atoms with Crippen molar-refractivity contribution in [1.29, 1.82) is 0 Å². The summed E-state index contributed by atoms with van der Waals surface area (Å²) in [4.78, 5) is 10.2. The SMILES string of the molecule is Cc1cccc(CCNCCC(=O)O)c1. The summed E-state index contributed by atoms with van der Waals surface area (Å²) in [5.74, 6) is -0.752. The van der Waals surface area contributed by atoms with Gasteiger partial charge >= 0.3 is 5.97 Å². The minimum atomic E-state index is -0.752.